The lowest BCUT2D eigenvalue weighted by atomic mass is 9.92. The van der Waals surface area contributed by atoms with E-state index in [1.165, 1.54) is 22.4 Å². The fourth-order valence-corrected chi connectivity index (χ4v) is 3.52. The predicted molar refractivity (Wildman–Crippen MR) is 116 cm³/mol. The third kappa shape index (κ3) is 4.39. The zero-order valence-corrected chi connectivity index (χ0v) is 17.0. The van der Waals surface area contributed by atoms with Crippen LogP contribution in [-0.4, -0.2) is 4.98 Å². The quantitative estimate of drug-likeness (QED) is 0.505. The van der Waals surface area contributed by atoms with Crippen molar-refractivity contribution in [1.29, 1.82) is 0 Å². The highest BCUT2D eigenvalue weighted by Crippen LogP contribution is 2.35. The summed E-state index contributed by atoms with van der Waals surface area (Å²) in [7, 11) is 0. The van der Waals surface area contributed by atoms with Crippen molar-refractivity contribution >= 4 is 5.69 Å². The second-order valence-electron chi connectivity index (χ2n) is 7.83. The molecule has 0 aliphatic carbocycles. The minimum atomic E-state index is 0.214. The summed E-state index contributed by atoms with van der Waals surface area (Å²) in [5.74, 6) is 0.969. The van der Waals surface area contributed by atoms with E-state index in [2.05, 4.69) is 93.5 Å². The number of benzene rings is 2. The first-order valence-electron chi connectivity index (χ1n) is 9.88. The van der Waals surface area contributed by atoms with Gasteiger partial charge in [-0.2, -0.15) is 0 Å². The molecule has 0 saturated heterocycles. The Bertz CT molecular complexity index is 856. The van der Waals surface area contributed by atoms with E-state index in [0.717, 1.165) is 11.3 Å². The molecule has 2 aromatic carbocycles. The first-order chi connectivity index (χ1) is 13.0. The fraction of sp³-hybridized carbons (Fsp3) is 0.320. The molecule has 0 amide bonds. The lowest BCUT2D eigenvalue weighted by Crippen LogP contribution is -2.12. The van der Waals surface area contributed by atoms with Gasteiger partial charge in [-0.1, -0.05) is 70.2 Å². The monoisotopic (exact) mass is 358 g/mol. The van der Waals surface area contributed by atoms with E-state index in [1.54, 1.807) is 0 Å². The molecule has 3 aromatic rings. The van der Waals surface area contributed by atoms with Gasteiger partial charge in [-0.25, -0.2) is 0 Å². The smallest absolute Gasteiger partial charge is 0.0702 e. The molecule has 0 bridgehead atoms. The van der Waals surface area contributed by atoms with Crippen molar-refractivity contribution in [3.8, 4) is 11.3 Å². The van der Waals surface area contributed by atoms with Crippen molar-refractivity contribution < 1.29 is 0 Å². The van der Waals surface area contributed by atoms with Crippen LogP contribution < -0.4 is 5.32 Å². The van der Waals surface area contributed by atoms with Crippen molar-refractivity contribution in [3.63, 3.8) is 0 Å². The number of para-hydroxylation sites is 1. The van der Waals surface area contributed by atoms with Crippen molar-refractivity contribution in [2.75, 3.05) is 5.32 Å². The highest BCUT2D eigenvalue weighted by molar-refractivity contribution is 5.63. The lowest BCUT2D eigenvalue weighted by molar-refractivity contribution is 0.811. The van der Waals surface area contributed by atoms with Gasteiger partial charge < -0.3 is 5.32 Å². The molecule has 27 heavy (non-hydrogen) atoms. The van der Waals surface area contributed by atoms with E-state index >= 15 is 0 Å². The summed E-state index contributed by atoms with van der Waals surface area (Å²) < 4.78 is 0. The summed E-state index contributed by atoms with van der Waals surface area (Å²) in [6, 6.07) is 21.6. The molecule has 140 valence electrons. The Morgan fingerprint density at radius 2 is 1.41 bits per heavy atom. The molecule has 0 aliphatic rings. The Hall–Kier alpha value is -2.61. The van der Waals surface area contributed by atoms with E-state index in [4.69, 9.17) is 0 Å². The van der Waals surface area contributed by atoms with Crippen LogP contribution in [0.4, 0.5) is 5.69 Å². The number of aromatic nitrogens is 1. The van der Waals surface area contributed by atoms with Gasteiger partial charge >= 0.3 is 0 Å². The van der Waals surface area contributed by atoms with Crippen molar-refractivity contribution in [2.45, 2.75) is 52.5 Å². The van der Waals surface area contributed by atoms with Crippen LogP contribution in [0.1, 0.15) is 69.2 Å². The van der Waals surface area contributed by atoms with Crippen molar-refractivity contribution in [2.24, 2.45) is 0 Å². The number of hydrogen-bond donors (Lipinski definition) is 1. The summed E-state index contributed by atoms with van der Waals surface area (Å²) in [6.07, 6.45) is 1.84. The van der Waals surface area contributed by atoms with Gasteiger partial charge in [0.15, 0.2) is 0 Å². The maximum absolute atomic E-state index is 4.49. The number of nitrogens with zero attached hydrogens (tertiary/aromatic N) is 1. The third-order valence-electron chi connectivity index (χ3n) is 5.08. The van der Waals surface area contributed by atoms with E-state index in [0.29, 0.717) is 11.8 Å². The summed E-state index contributed by atoms with van der Waals surface area (Å²) in [5, 5.41) is 3.82. The molecular formula is C25H30N2. The second kappa shape index (κ2) is 8.39. The number of nitrogens with one attached hydrogen (secondary N) is 1. The molecule has 0 radical (unpaired) electrons. The molecule has 2 nitrogen and oxygen atoms in total. The van der Waals surface area contributed by atoms with Crippen LogP contribution in [-0.2, 0) is 0 Å². The number of rotatable bonds is 6. The van der Waals surface area contributed by atoms with Gasteiger partial charge in [-0.3, -0.25) is 4.98 Å². The summed E-state index contributed by atoms with van der Waals surface area (Å²) >= 11 is 0. The molecule has 3 rings (SSSR count). The Balaban J connectivity index is 1.94. The van der Waals surface area contributed by atoms with Crippen LogP contribution in [0.25, 0.3) is 11.3 Å². The largest absolute Gasteiger partial charge is 0.378 e. The number of anilines is 1. The molecule has 0 aliphatic heterocycles. The zero-order chi connectivity index (χ0) is 19.4. The van der Waals surface area contributed by atoms with Crippen LogP contribution in [0.15, 0.2) is 66.9 Å². The Morgan fingerprint density at radius 3 is 2.00 bits per heavy atom. The Labute approximate surface area is 163 Å². The van der Waals surface area contributed by atoms with Crippen LogP contribution in [0, 0.1) is 0 Å². The average molecular weight is 359 g/mol. The summed E-state index contributed by atoms with van der Waals surface area (Å²) in [6.45, 7) is 11.3. The topological polar surface area (TPSA) is 24.9 Å². The number of hydrogen-bond acceptors (Lipinski definition) is 2. The second-order valence-corrected chi connectivity index (χ2v) is 7.83. The van der Waals surface area contributed by atoms with Crippen LogP contribution in [0.2, 0.25) is 0 Å². The predicted octanol–water partition coefficient (Wildman–Crippen LogP) is 7.17. The van der Waals surface area contributed by atoms with Crippen LogP contribution >= 0.6 is 0 Å². The lowest BCUT2D eigenvalue weighted by Gasteiger charge is -2.25. The minimum absolute atomic E-state index is 0.214. The molecule has 2 heteroatoms. The fourth-order valence-electron chi connectivity index (χ4n) is 3.52. The molecule has 1 unspecified atom stereocenters. The van der Waals surface area contributed by atoms with E-state index in [1.807, 2.05) is 18.3 Å². The molecule has 0 fully saturated rings. The van der Waals surface area contributed by atoms with E-state index in [9.17, 15) is 0 Å². The molecule has 0 spiro atoms. The van der Waals surface area contributed by atoms with Gasteiger partial charge in [0.05, 0.1) is 5.69 Å². The van der Waals surface area contributed by atoms with Gasteiger partial charge in [0, 0.05) is 23.5 Å². The molecule has 1 aromatic heterocycles. The summed E-state index contributed by atoms with van der Waals surface area (Å²) in [5.41, 5.74) is 7.49. The first kappa shape index (κ1) is 19.2. The maximum Gasteiger partial charge on any atom is 0.0702 e. The first-order valence-corrected chi connectivity index (χ1v) is 9.88. The maximum atomic E-state index is 4.49. The Kier molecular flexibility index (Phi) is 5.95. The molecule has 1 heterocycles. The van der Waals surface area contributed by atoms with Crippen LogP contribution in [0.3, 0.4) is 0 Å². The minimum Gasteiger partial charge on any atom is -0.378 e. The normalized spacial score (nSPS) is 12.4. The van der Waals surface area contributed by atoms with Gasteiger partial charge in [-0.15, -0.1) is 0 Å². The summed E-state index contributed by atoms with van der Waals surface area (Å²) in [4.78, 5) is 4.49. The SMILES string of the molecule is CC(C)c1cccc(C(C)C)c1NC(C)c1cccc(-c2ccccn2)c1. The third-order valence-corrected chi connectivity index (χ3v) is 5.08. The van der Waals surface area contributed by atoms with Gasteiger partial charge in [0.2, 0.25) is 0 Å². The van der Waals surface area contributed by atoms with Crippen molar-refractivity contribution in [1.82, 2.24) is 4.98 Å². The molecular weight excluding hydrogens is 328 g/mol. The molecule has 1 atom stereocenters. The average Bonchev–Trinajstić information content (AvgIpc) is 2.68. The van der Waals surface area contributed by atoms with Crippen molar-refractivity contribution in [3.05, 3.63) is 83.6 Å². The standard InChI is InChI=1S/C25H30N2/c1-17(2)22-12-9-13-23(18(3)4)25(22)27-19(5)20-10-8-11-21(16-20)24-14-6-7-15-26-24/h6-19,27H,1-5H3. The Morgan fingerprint density at radius 1 is 0.741 bits per heavy atom. The van der Waals surface area contributed by atoms with E-state index in [-0.39, 0.29) is 6.04 Å². The van der Waals surface area contributed by atoms with Gasteiger partial charge in [-0.05, 0) is 53.6 Å². The van der Waals surface area contributed by atoms with Gasteiger partial charge in [0.1, 0.15) is 0 Å². The zero-order valence-electron chi connectivity index (χ0n) is 17.0. The van der Waals surface area contributed by atoms with E-state index < -0.39 is 0 Å². The van der Waals surface area contributed by atoms with Crippen LogP contribution in [0.5, 0.6) is 0 Å². The highest BCUT2D eigenvalue weighted by Gasteiger charge is 2.16. The molecule has 0 saturated carbocycles. The number of pyridine rings is 1. The molecule has 1 N–H and O–H groups in total. The van der Waals surface area contributed by atoms with Gasteiger partial charge in [0.25, 0.3) is 0 Å². The highest BCUT2D eigenvalue weighted by atomic mass is 14.9.